The molecule has 2 nitrogen and oxygen atoms in total. The minimum atomic E-state index is 0.898. The monoisotopic (exact) mass is 183 g/mol. The van der Waals surface area contributed by atoms with Crippen LogP contribution >= 0.6 is 0 Å². The molecule has 0 aromatic rings. The topological polar surface area (TPSA) is 12.5 Å². The first-order valence-corrected chi connectivity index (χ1v) is 5.51. The first-order valence-electron chi connectivity index (χ1n) is 5.51. The van der Waals surface area contributed by atoms with Crippen LogP contribution in [0.15, 0.2) is 0 Å². The fourth-order valence-electron chi connectivity index (χ4n) is 3.10. The summed E-state index contributed by atoms with van der Waals surface area (Å²) in [7, 11) is 1.79. The molecule has 1 aliphatic carbocycles. The Bertz CT molecular complexity index is 157. The molecule has 1 aliphatic heterocycles. The Morgan fingerprint density at radius 1 is 1.23 bits per heavy atom. The van der Waals surface area contributed by atoms with E-state index in [4.69, 9.17) is 4.74 Å². The highest BCUT2D eigenvalue weighted by molar-refractivity contribution is 4.90. The minimum Gasteiger partial charge on any atom is -0.383 e. The van der Waals surface area contributed by atoms with Gasteiger partial charge in [-0.3, -0.25) is 0 Å². The molecule has 0 amide bonds. The highest BCUT2D eigenvalue weighted by Crippen LogP contribution is 2.40. The Balaban J connectivity index is 1.77. The van der Waals surface area contributed by atoms with E-state index < -0.39 is 0 Å². The van der Waals surface area contributed by atoms with E-state index in [9.17, 15) is 0 Å². The average Bonchev–Trinajstić information content (AvgIpc) is 2.57. The number of rotatable bonds is 3. The van der Waals surface area contributed by atoms with Gasteiger partial charge >= 0.3 is 0 Å². The Morgan fingerprint density at radius 3 is 2.38 bits per heavy atom. The van der Waals surface area contributed by atoms with Crippen molar-refractivity contribution >= 4 is 0 Å². The van der Waals surface area contributed by atoms with Gasteiger partial charge in [0, 0.05) is 26.7 Å². The highest BCUT2D eigenvalue weighted by atomic mass is 16.5. The fraction of sp³-hybridized carbons (Fsp3) is 1.00. The molecule has 1 saturated heterocycles. The highest BCUT2D eigenvalue weighted by Gasteiger charge is 2.38. The Labute approximate surface area is 81.3 Å². The van der Waals surface area contributed by atoms with Gasteiger partial charge in [0.25, 0.3) is 0 Å². The van der Waals surface area contributed by atoms with Gasteiger partial charge < -0.3 is 9.64 Å². The van der Waals surface area contributed by atoms with Gasteiger partial charge in [-0.2, -0.15) is 0 Å². The smallest absolute Gasteiger partial charge is 0.0589 e. The summed E-state index contributed by atoms with van der Waals surface area (Å²) < 4.78 is 5.11. The van der Waals surface area contributed by atoms with Crippen LogP contribution in [0.25, 0.3) is 0 Å². The van der Waals surface area contributed by atoms with Crippen LogP contribution in [0.1, 0.15) is 19.8 Å². The molecule has 0 unspecified atom stereocenters. The van der Waals surface area contributed by atoms with Crippen molar-refractivity contribution in [2.75, 3.05) is 33.4 Å². The summed E-state index contributed by atoms with van der Waals surface area (Å²) in [5.41, 5.74) is 0. The van der Waals surface area contributed by atoms with Gasteiger partial charge in [-0.1, -0.05) is 6.92 Å². The first kappa shape index (κ1) is 9.47. The number of nitrogens with zero attached hydrogens (tertiary/aromatic N) is 1. The lowest BCUT2D eigenvalue weighted by Crippen LogP contribution is -2.26. The minimum absolute atomic E-state index is 0.898. The summed E-state index contributed by atoms with van der Waals surface area (Å²) in [5, 5.41) is 0. The lowest BCUT2D eigenvalue weighted by molar-refractivity contribution is 0.155. The van der Waals surface area contributed by atoms with Crippen LogP contribution in [-0.2, 0) is 4.74 Å². The van der Waals surface area contributed by atoms with E-state index in [0.717, 1.165) is 30.9 Å². The standard InChI is InChI=1S/C11H21NO/c1-9-5-10-7-12(3-4-13-2)8-11(10)6-9/h9-11H,3-8H2,1-2H3/t9-,10+,11-. The van der Waals surface area contributed by atoms with E-state index in [1.165, 1.54) is 25.9 Å². The summed E-state index contributed by atoms with van der Waals surface area (Å²) in [6.07, 6.45) is 2.93. The van der Waals surface area contributed by atoms with E-state index in [1.807, 2.05) is 0 Å². The zero-order chi connectivity index (χ0) is 9.26. The van der Waals surface area contributed by atoms with Crippen molar-refractivity contribution in [1.82, 2.24) is 4.90 Å². The maximum atomic E-state index is 5.11. The summed E-state index contributed by atoms with van der Waals surface area (Å²) in [6, 6.07) is 0. The van der Waals surface area contributed by atoms with Crippen molar-refractivity contribution in [1.29, 1.82) is 0 Å². The van der Waals surface area contributed by atoms with Crippen molar-refractivity contribution in [2.45, 2.75) is 19.8 Å². The maximum absolute atomic E-state index is 5.11. The van der Waals surface area contributed by atoms with Gasteiger partial charge in [-0.25, -0.2) is 0 Å². The zero-order valence-electron chi connectivity index (χ0n) is 8.83. The van der Waals surface area contributed by atoms with Crippen molar-refractivity contribution in [2.24, 2.45) is 17.8 Å². The molecule has 0 aromatic heterocycles. The third-order valence-electron chi connectivity index (χ3n) is 3.67. The number of hydrogen-bond donors (Lipinski definition) is 0. The van der Waals surface area contributed by atoms with E-state index in [2.05, 4.69) is 11.8 Å². The van der Waals surface area contributed by atoms with Gasteiger partial charge in [0.05, 0.1) is 6.61 Å². The number of hydrogen-bond acceptors (Lipinski definition) is 2. The quantitative estimate of drug-likeness (QED) is 0.659. The second-order valence-corrected chi connectivity index (χ2v) is 4.85. The molecule has 2 heteroatoms. The first-order chi connectivity index (χ1) is 6.29. The van der Waals surface area contributed by atoms with E-state index in [1.54, 1.807) is 7.11 Å². The van der Waals surface area contributed by atoms with Crippen molar-refractivity contribution < 1.29 is 4.74 Å². The van der Waals surface area contributed by atoms with E-state index >= 15 is 0 Å². The SMILES string of the molecule is COCCN1C[C@H]2C[C@H](C)C[C@H]2C1. The summed E-state index contributed by atoms with van der Waals surface area (Å²) in [6.45, 7) is 7.10. The number of ether oxygens (including phenoxy) is 1. The fourth-order valence-corrected chi connectivity index (χ4v) is 3.10. The summed E-state index contributed by atoms with van der Waals surface area (Å²) >= 11 is 0. The van der Waals surface area contributed by atoms with Crippen LogP contribution in [0.4, 0.5) is 0 Å². The van der Waals surface area contributed by atoms with Gasteiger partial charge in [0.1, 0.15) is 0 Å². The molecule has 2 rings (SSSR count). The molecule has 0 bridgehead atoms. The van der Waals surface area contributed by atoms with Crippen LogP contribution < -0.4 is 0 Å². The molecule has 76 valence electrons. The lowest BCUT2D eigenvalue weighted by atomic mass is 10.0. The van der Waals surface area contributed by atoms with Crippen LogP contribution in [0.3, 0.4) is 0 Å². The zero-order valence-corrected chi connectivity index (χ0v) is 8.83. The molecular weight excluding hydrogens is 162 g/mol. The molecule has 0 spiro atoms. The van der Waals surface area contributed by atoms with Crippen molar-refractivity contribution in [3.63, 3.8) is 0 Å². The molecule has 1 saturated carbocycles. The molecule has 13 heavy (non-hydrogen) atoms. The van der Waals surface area contributed by atoms with E-state index in [0.29, 0.717) is 0 Å². The predicted molar refractivity (Wildman–Crippen MR) is 53.7 cm³/mol. The normalized spacial score (nSPS) is 39.7. The van der Waals surface area contributed by atoms with Crippen molar-refractivity contribution in [3.8, 4) is 0 Å². The number of fused-ring (bicyclic) bond motifs is 1. The van der Waals surface area contributed by atoms with Gasteiger partial charge in [0.2, 0.25) is 0 Å². The predicted octanol–water partition coefficient (Wildman–Crippen LogP) is 1.61. The molecule has 1 heterocycles. The second-order valence-electron chi connectivity index (χ2n) is 4.85. The third kappa shape index (κ3) is 2.05. The van der Waals surface area contributed by atoms with Gasteiger partial charge in [-0.15, -0.1) is 0 Å². The molecular formula is C11H21NO. The Morgan fingerprint density at radius 2 is 1.85 bits per heavy atom. The molecule has 2 fully saturated rings. The maximum Gasteiger partial charge on any atom is 0.0589 e. The van der Waals surface area contributed by atoms with Crippen LogP contribution in [0.2, 0.25) is 0 Å². The lowest BCUT2D eigenvalue weighted by Gasteiger charge is -2.16. The third-order valence-corrected chi connectivity index (χ3v) is 3.67. The van der Waals surface area contributed by atoms with Crippen molar-refractivity contribution in [3.05, 3.63) is 0 Å². The Hall–Kier alpha value is -0.0800. The molecule has 0 N–H and O–H groups in total. The molecule has 0 radical (unpaired) electrons. The van der Waals surface area contributed by atoms with Crippen LogP contribution in [-0.4, -0.2) is 38.3 Å². The molecule has 2 aliphatic rings. The summed E-state index contributed by atoms with van der Waals surface area (Å²) in [4.78, 5) is 2.57. The van der Waals surface area contributed by atoms with Crippen LogP contribution in [0, 0.1) is 17.8 Å². The largest absolute Gasteiger partial charge is 0.383 e. The molecule has 3 atom stereocenters. The van der Waals surface area contributed by atoms with Gasteiger partial charge in [0.15, 0.2) is 0 Å². The van der Waals surface area contributed by atoms with Gasteiger partial charge in [-0.05, 0) is 30.6 Å². The molecule has 0 aromatic carbocycles. The van der Waals surface area contributed by atoms with Crippen LogP contribution in [0.5, 0.6) is 0 Å². The van der Waals surface area contributed by atoms with E-state index in [-0.39, 0.29) is 0 Å². The summed E-state index contributed by atoms with van der Waals surface area (Å²) in [5.74, 6) is 3.00. The number of likely N-dealkylation sites (tertiary alicyclic amines) is 1. The number of methoxy groups -OCH3 is 1. The second kappa shape index (κ2) is 3.97. The Kier molecular flexibility index (Phi) is 2.89. The average molecular weight is 183 g/mol.